The van der Waals surface area contributed by atoms with Gasteiger partial charge in [-0.2, -0.15) is 0 Å². The van der Waals surface area contributed by atoms with E-state index in [1.807, 2.05) is 6.07 Å². The van der Waals surface area contributed by atoms with Crippen LogP contribution in [0.25, 0.3) is 0 Å². The molecule has 2 N–H and O–H groups in total. The number of methoxy groups -OCH3 is 2. The van der Waals surface area contributed by atoms with Crippen LogP contribution in [0.2, 0.25) is 0 Å². The van der Waals surface area contributed by atoms with Gasteiger partial charge in [0.2, 0.25) is 0 Å². The SMILES string of the molecule is CCNC(=NCCCN1CCC(C)CC1)NC1CCN(c2cc(OC)cc(OC)c2)CC1. The summed E-state index contributed by atoms with van der Waals surface area (Å²) in [7, 11) is 3.40. The van der Waals surface area contributed by atoms with E-state index < -0.39 is 0 Å². The van der Waals surface area contributed by atoms with E-state index in [2.05, 4.69) is 46.4 Å². The Labute approximate surface area is 194 Å². The van der Waals surface area contributed by atoms with Crippen LogP contribution in [-0.4, -0.2) is 76.9 Å². The van der Waals surface area contributed by atoms with Crippen molar-refractivity contribution in [3.8, 4) is 11.5 Å². The second kappa shape index (κ2) is 12.8. The zero-order valence-electron chi connectivity index (χ0n) is 20.5. The Morgan fingerprint density at radius 3 is 2.25 bits per heavy atom. The fourth-order valence-corrected chi connectivity index (χ4v) is 4.54. The van der Waals surface area contributed by atoms with Gasteiger partial charge in [0, 0.05) is 56.1 Å². The van der Waals surface area contributed by atoms with Crippen LogP contribution in [0.5, 0.6) is 11.5 Å². The van der Waals surface area contributed by atoms with E-state index in [1.54, 1.807) is 14.2 Å². The molecule has 32 heavy (non-hydrogen) atoms. The zero-order valence-corrected chi connectivity index (χ0v) is 20.5. The van der Waals surface area contributed by atoms with Crippen molar-refractivity contribution in [3.63, 3.8) is 0 Å². The Morgan fingerprint density at radius 2 is 1.66 bits per heavy atom. The molecule has 1 aromatic carbocycles. The first kappa shape index (κ1) is 24.5. The standard InChI is InChI=1S/C25H43N5O2/c1-5-26-25(27-11-6-12-29-13-7-20(2)8-14-29)28-21-9-15-30(16-10-21)22-17-23(31-3)19-24(18-22)32-4/h17-21H,5-16H2,1-4H3,(H2,26,27,28). The minimum Gasteiger partial charge on any atom is -0.497 e. The van der Waals surface area contributed by atoms with E-state index >= 15 is 0 Å². The maximum Gasteiger partial charge on any atom is 0.191 e. The topological polar surface area (TPSA) is 61.4 Å². The second-order valence-electron chi connectivity index (χ2n) is 9.11. The van der Waals surface area contributed by atoms with Crippen LogP contribution >= 0.6 is 0 Å². The zero-order chi connectivity index (χ0) is 22.8. The molecular formula is C25H43N5O2. The molecule has 0 unspecified atom stereocenters. The number of rotatable bonds is 9. The highest BCUT2D eigenvalue weighted by atomic mass is 16.5. The van der Waals surface area contributed by atoms with Gasteiger partial charge in [0.05, 0.1) is 14.2 Å². The highest BCUT2D eigenvalue weighted by Gasteiger charge is 2.21. The summed E-state index contributed by atoms with van der Waals surface area (Å²) in [6.07, 6.45) is 5.97. The molecule has 0 spiro atoms. The van der Waals surface area contributed by atoms with Crippen LogP contribution in [0.15, 0.2) is 23.2 Å². The summed E-state index contributed by atoms with van der Waals surface area (Å²) < 4.78 is 10.9. The number of ether oxygens (including phenoxy) is 2. The summed E-state index contributed by atoms with van der Waals surface area (Å²) in [6, 6.07) is 6.54. The number of likely N-dealkylation sites (tertiary alicyclic amines) is 1. The van der Waals surface area contributed by atoms with E-state index in [1.165, 1.54) is 25.9 Å². The van der Waals surface area contributed by atoms with Gasteiger partial charge in [-0.3, -0.25) is 4.99 Å². The quantitative estimate of drug-likeness (QED) is 0.345. The molecular weight excluding hydrogens is 402 g/mol. The summed E-state index contributed by atoms with van der Waals surface area (Å²) in [5, 5.41) is 7.09. The van der Waals surface area contributed by atoms with Crippen LogP contribution in [0.1, 0.15) is 46.0 Å². The number of piperidine rings is 2. The number of nitrogens with one attached hydrogen (secondary N) is 2. The summed E-state index contributed by atoms with van der Waals surface area (Å²) in [5.74, 6) is 3.52. The Bertz CT molecular complexity index is 688. The summed E-state index contributed by atoms with van der Waals surface area (Å²) >= 11 is 0. The lowest BCUT2D eigenvalue weighted by atomic mass is 9.99. The first-order chi connectivity index (χ1) is 15.6. The predicted octanol–water partition coefficient (Wildman–Crippen LogP) is 3.35. The van der Waals surface area contributed by atoms with Crippen LogP contribution in [0, 0.1) is 5.92 Å². The first-order valence-electron chi connectivity index (χ1n) is 12.4. The number of hydrogen-bond donors (Lipinski definition) is 2. The molecule has 2 heterocycles. The van der Waals surface area contributed by atoms with E-state index in [4.69, 9.17) is 14.5 Å². The highest BCUT2D eigenvalue weighted by Crippen LogP contribution is 2.30. The van der Waals surface area contributed by atoms with E-state index in [-0.39, 0.29) is 0 Å². The average molecular weight is 446 g/mol. The molecule has 0 bridgehead atoms. The number of aliphatic imine (C=N–C) groups is 1. The third-order valence-electron chi connectivity index (χ3n) is 6.66. The number of benzene rings is 1. The van der Waals surface area contributed by atoms with E-state index in [0.29, 0.717) is 6.04 Å². The average Bonchev–Trinajstić information content (AvgIpc) is 2.83. The Morgan fingerprint density at radius 1 is 1.00 bits per heavy atom. The lowest BCUT2D eigenvalue weighted by Gasteiger charge is -2.35. The van der Waals surface area contributed by atoms with Crippen molar-refractivity contribution >= 4 is 11.6 Å². The van der Waals surface area contributed by atoms with Crippen molar-refractivity contribution in [2.24, 2.45) is 10.9 Å². The monoisotopic (exact) mass is 445 g/mol. The number of hydrogen-bond acceptors (Lipinski definition) is 5. The normalized spacial score (nSPS) is 19.1. The van der Waals surface area contributed by atoms with Crippen molar-refractivity contribution in [1.29, 1.82) is 0 Å². The Kier molecular flexibility index (Phi) is 9.78. The molecule has 2 fully saturated rings. The molecule has 0 aliphatic carbocycles. The van der Waals surface area contributed by atoms with Gasteiger partial charge in [-0.05, 0) is 64.6 Å². The van der Waals surface area contributed by atoms with Crippen molar-refractivity contribution in [1.82, 2.24) is 15.5 Å². The molecule has 3 rings (SSSR count). The van der Waals surface area contributed by atoms with Gasteiger partial charge in [0.1, 0.15) is 11.5 Å². The molecule has 2 saturated heterocycles. The summed E-state index contributed by atoms with van der Waals surface area (Å²) in [4.78, 5) is 9.86. The molecule has 1 aromatic rings. The minimum absolute atomic E-state index is 0.445. The van der Waals surface area contributed by atoms with Crippen LogP contribution in [-0.2, 0) is 0 Å². The number of guanidine groups is 1. The van der Waals surface area contributed by atoms with Crippen LogP contribution in [0.4, 0.5) is 5.69 Å². The van der Waals surface area contributed by atoms with Gasteiger partial charge in [-0.15, -0.1) is 0 Å². The van der Waals surface area contributed by atoms with Gasteiger partial charge in [0.25, 0.3) is 0 Å². The molecule has 0 amide bonds. The van der Waals surface area contributed by atoms with Crippen molar-refractivity contribution in [2.45, 2.75) is 52.0 Å². The maximum atomic E-state index is 5.43. The van der Waals surface area contributed by atoms with Gasteiger partial charge >= 0.3 is 0 Å². The molecule has 180 valence electrons. The van der Waals surface area contributed by atoms with Crippen molar-refractivity contribution in [3.05, 3.63) is 18.2 Å². The maximum absolute atomic E-state index is 5.43. The predicted molar refractivity (Wildman–Crippen MR) is 133 cm³/mol. The van der Waals surface area contributed by atoms with Crippen molar-refractivity contribution < 1.29 is 9.47 Å². The van der Waals surface area contributed by atoms with Crippen LogP contribution < -0.4 is 25.0 Å². The van der Waals surface area contributed by atoms with E-state index in [0.717, 1.165) is 81.1 Å². The van der Waals surface area contributed by atoms with Crippen molar-refractivity contribution in [2.75, 3.05) is 64.9 Å². The lowest BCUT2D eigenvalue weighted by Crippen LogP contribution is -2.48. The molecule has 7 nitrogen and oxygen atoms in total. The van der Waals surface area contributed by atoms with E-state index in [9.17, 15) is 0 Å². The fraction of sp³-hybridized carbons (Fsp3) is 0.720. The molecule has 0 saturated carbocycles. The van der Waals surface area contributed by atoms with Crippen LogP contribution in [0.3, 0.4) is 0 Å². The molecule has 2 aliphatic rings. The minimum atomic E-state index is 0.445. The number of anilines is 1. The third-order valence-corrected chi connectivity index (χ3v) is 6.66. The second-order valence-corrected chi connectivity index (χ2v) is 9.11. The molecule has 0 atom stereocenters. The lowest BCUT2D eigenvalue weighted by molar-refractivity contribution is 0.191. The first-order valence-corrected chi connectivity index (χ1v) is 12.4. The largest absolute Gasteiger partial charge is 0.497 e. The summed E-state index contributed by atoms with van der Waals surface area (Å²) in [6.45, 7) is 11.9. The van der Waals surface area contributed by atoms with Gasteiger partial charge < -0.3 is 29.9 Å². The molecule has 7 heteroatoms. The summed E-state index contributed by atoms with van der Waals surface area (Å²) in [5.41, 5.74) is 1.16. The fourth-order valence-electron chi connectivity index (χ4n) is 4.54. The van der Waals surface area contributed by atoms with Gasteiger partial charge in [-0.25, -0.2) is 0 Å². The smallest absolute Gasteiger partial charge is 0.191 e. The van der Waals surface area contributed by atoms with Gasteiger partial charge in [0.15, 0.2) is 5.96 Å². The molecule has 0 aromatic heterocycles. The van der Waals surface area contributed by atoms with Gasteiger partial charge in [-0.1, -0.05) is 6.92 Å². The molecule has 2 aliphatic heterocycles. The highest BCUT2D eigenvalue weighted by molar-refractivity contribution is 5.80. The number of nitrogens with zero attached hydrogens (tertiary/aromatic N) is 3. The Hall–Kier alpha value is -2.15. The third kappa shape index (κ3) is 7.47. The Balaban J connectivity index is 1.44. The molecule has 0 radical (unpaired) electrons.